The molecular formula is C66H52N4. The third kappa shape index (κ3) is 5.53. The first kappa shape index (κ1) is 40.7. The molecule has 336 valence electrons. The van der Waals surface area contributed by atoms with Crippen molar-refractivity contribution in [1.82, 2.24) is 9.13 Å². The molecule has 0 atom stereocenters. The fourth-order valence-electron chi connectivity index (χ4n) is 12.9. The number of aromatic nitrogens is 2. The van der Waals surface area contributed by atoms with E-state index < -0.39 is 0 Å². The minimum absolute atomic E-state index is 0.109. The standard InChI is InChI=1S/C66H52N4/c1-65(2)55-27-17-15-23-47(55)49-33-29-43(37-57(49)65)69(41-19-9-7-10-20-41)45-31-35-53-59(39-45)67(5)63-61(53)51-25-13-14-26-52(51)62-54-36-32-46(40-60(54)68(6)64(62)63)70(42-21-11-8-12-22-42)44-30-34-50-48-24-16-18-28-56(48)66(3,4)58(50)38-44/h7-40H,1-6H3. The van der Waals surface area contributed by atoms with Gasteiger partial charge in [0, 0.05) is 80.6 Å². The van der Waals surface area contributed by atoms with Crippen molar-refractivity contribution in [3.05, 3.63) is 229 Å². The second-order valence-electron chi connectivity index (χ2n) is 20.7. The van der Waals surface area contributed by atoms with Crippen LogP contribution in [0.3, 0.4) is 0 Å². The molecule has 14 rings (SSSR count). The summed E-state index contributed by atoms with van der Waals surface area (Å²) in [5.41, 5.74) is 22.3. The molecule has 10 aromatic carbocycles. The summed E-state index contributed by atoms with van der Waals surface area (Å²) in [6.45, 7) is 9.45. The number of para-hydroxylation sites is 2. The van der Waals surface area contributed by atoms with Gasteiger partial charge in [-0.15, -0.1) is 0 Å². The number of hydrogen-bond donors (Lipinski definition) is 0. The van der Waals surface area contributed by atoms with E-state index in [2.05, 4.69) is 267 Å². The molecule has 12 aromatic rings. The van der Waals surface area contributed by atoms with Gasteiger partial charge in [-0.1, -0.05) is 161 Å². The van der Waals surface area contributed by atoms with Gasteiger partial charge in [0.1, 0.15) is 0 Å². The highest BCUT2D eigenvalue weighted by molar-refractivity contribution is 6.36. The van der Waals surface area contributed by atoms with Gasteiger partial charge < -0.3 is 18.9 Å². The Balaban J connectivity index is 0.963. The van der Waals surface area contributed by atoms with Crippen molar-refractivity contribution in [2.75, 3.05) is 9.80 Å². The van der Waals surface area contributed by atoms with Crippen LogP contribution in [0.25, 0.3) is 76.6 Å². The van der Waals surface area contributed by atoms with Gasteiger partial charge in [-0.05, 0) is 128 Å². The molecular weight excluding hydrogens is 849 g/mol. The van der Waals surface area contributed by atoms with Crippen LogP contribution in [0.1, 0.15) is 49.9 Å². The Labute approximate surface area is 408 Å². The largest absolute Gasteiger partial charge is 0.342 e. The van der Waals surface area contributed by atoms with Gasteiger partial charge in [-0.25, -0.2) is 0 Å². The summed E-state index contributed by atoms with van der Waals surface area (Å²) in [5.74, 6) is 0. The molecule has 4 nitrogen and oxygen atoms in total. The highest BCUT2D eigenvalue weighted by Gasteiger charge is 2.37. The molecule has 0 radical (unpaired) electrons. The molecule has 0 spiro atoms. The SMILES string of the molecule is Cn1c2cc(N(c3ccccc3)c3ccc4c(c3)C(C)(C)c3ccccc3-4)ccc2c2c3ccccc3c3c4ccc(N(c5ccccc5)c5ccc6c(c5)C(C)(C)c5ccccc5-6)cc4n(C)c3c21. The number of anilines is 6. The van der Waals surface area contributed by atoms with Gasteiger partial charge in [0.25, 0.3) is 0 Å². The summed E-state index contributed by atoms with van der Waals surface area (Å²) >= 11 is 0. The molecule has 4 heteroatoms. The summed E-state index contributed by atoms with van der Waals surface area (Å²) in [5, 5.41) is 7.62. The van der Waals surface area contributed by atoms with Crippen molar-refractivity contribution < 1.29 is 0 Å². The fraction of sp³-hybridized carbons (Fsp3) is 0.121. The first-order chi connectivity index (χ1) is 34.1. The van der Waals surface area contributed by atoms with Crippen LogP contribution < -0.4 is 9.80 Å². The smallest absolute Gasteiger partial charge is 0.0742 e. The predicted molar refractivity (Wildman–Crippen MR) is 296 cm³/mol. The molecule has 0 aliphatic heterocycles. The number of benzene rings is 10. The highest BCUT2D eigenvalue weighted by atomic mass is 15.2. The Morgan fingerprint density at radius 3 is 1.07 bits per heavy atom. The maximum absolute atomic E-state index is 2.45. The third-order valence-corrected chi connectivity index (χ3v) is 16.3. The van der Waals surface area contributed by atoms with Crippen LogP contribution in [0.4, 0.5) is 34.1 Å². The summed E-state index contributed by atoms with van der Waals surface area (Å²) in [7, 11) is 4.52. The van der Waals surface area contributed by atoms with Crippen LogP contribution in [-0.4, -0.2) is 9.13 Å². The van der Waals surface area contributed by atoms with E-state index in [-0.39, 0.29) is 10.8 Å². The number of fused-ring (bicyclic) bond motifs is 16. The zero-order chi connectivity index (χ0) is 47.2. The van der Waals surface area contributed by atoms with Gasteiger partial charge in [0.05, 0.1) is 22.1 Å². The zero-order valence-electron chi connectivity index (χ0n) is 40.4. The number of rotatable bonds is 6. The van der Waals surface area contributed by atoms with Crippen molar-refractivity contribution in [3.63, 3.8) is 0 Å². The molecule has 0 fully saturated rings. The van der Waals surface area contributed by atoms with Crippen LogP contribution in [0, 0.1) is 0 Å². The molecule has 2 aliphatic rings. The molecule has 2 heterocycles. The van der Waals surface area contributed by atoms with Crippen molar-refractivity contribution in [1.29, 1.82) is 0 Å². The Kier molecular flexibility index (Phi) is 8.48. The lowest BCUT2D eigenvalue weighted by Crippen LogP contribution is -2.16. The predicted octanol–water partition coefficient (Wildman–Crippen LogP) is 17.7. The minimum Gasteiger partial charge on any atom is -0.342 e. The van der Waals surface area contributed by atoms with E-state index in [0.29, 0.717) is 0 Å². The van der Waals surface area contributed by atoms with Crippen LogP contribution in [-0.2, 0) is 24.9 Å². The number of nitrogens with zero attached hydrogens (tertiary/aromatic N) is 4. The third-order valence-electron chi connectivity index (χ3n) is 16.3. The van der Waals surface area contributed by atoms with Crippen molar-refractivity contribution in [2.45, 2.75) is 38.5 Å². The van der Waals surface area contributed by atoms with E-state index in [1.807, 2.05) is 0 Å². The summed E-state index contributed by atoms with van der Waals surface area (Å²) in [4.78, 5) is 4.86. The minimum atomic E-state index is -0.109. The number of aryl methyl sites for hydroxylation is 2. The van der Waals surface area contributed by atoms with E-state index in [4.69, 9.17) is 0 Å². The van der Waals surface area contributed by atoms with E-state index in [9.17, 15) is 0 Å². The first-order valence-electron chi connectivity index (χ1n) is 24.6. The lowest BCUT2D eigenvalue weighted by Gasteiger charge is -2.28. The normalized spacial score (nSPS) is 14.1. The zero-order valence-corrected chi connectivity index (χ0v) is 40.4. The molecule has 0 saturated carbocycles. The Morgan fingerprint density at radius 2 is 0.643 bits per heavy atom. The maximum atomic E-state index is 2.45. The molecule has 0 unspecified atom stereocenters. The van der Waals surface area contributed by atoms with Gasteiger partial charge in [0.15, 0.2) is 0 Å². The van der Waals surface area contributed by atoms with Crippen molar-refractivity contribution in [3.8, 4) is 22.3 Å². The Bertz CT molecular complexity index is 3880. The van der Waals surface area contributed by atoms with Crippen LogP contribution in [0.5, 0.6) is 0 Å². The quantitative estimate of drug-likeness (QED) is 0.165. The van der Waals surface area contributed by atoms with Crippen molar-refractivity contribution in [2.24, 2.45) is 14.1 Å². The highest BCUT2D eigenvalue weighted by Crippen LogP contribution is 2.53. The molecule has 2 aromatic heterocycles. The molecule has 0 bridgehead atoms. The average Bonchev–Trinajstić information content (AvgIpc) is 4.02. The molecule has 0 amide bonds. The Hall–Kier alpha value is -8.34. The topological polar surface area (TPSA) is 16.3 Å². The van der Waals surface area contributed by atoms with Gasteiger partial charge in [-0.2, -0.15) is 0 Å². The fourth-order valence-corrected chi connectivity index (χ4v) is 12.9. The number of hydrogen-bond acceptors (Lipinski definition) is 2. The molecule has 0 saturated heterocycles. The van der Waals surface area contributed by atoms with Crippen LogP contribution in [0.15, 0.2) is 206 Å². The average molecular weight is 901 g/mol. The van der Waals surface area contributed by atoms with E-state index in [0.717, 1.165) is 34.1 Å². The molecule has 2 aliphatic carbocycles. The monoisotopic (exact) mass is 900 g/mol. The Morgan fingerprint density at radius 1 is 0.300 bits per heavy atom. The first-order valence-corrected chi connectivity index (χ1v) is 24.6. The van der Waals surface area contributed by atoms with Gasteiger partial charge in [-0.3, -0.25) is 0 Å². The van der Waals surface area contributed by atoms with Gasteiger partial charge >= 0.3 is 0 Å². The van der Waals surface area contributed by atoms with Crippen LogP contribution in [0.2, 0.25) is 0 Å². The summed E-state index contributed by atoms with van der Waals surface area (Å²) in [6.07, 6.45) is 0. The summed E-state index contributed by atoms with van der Waals surface area (Å²) in [6, 6.07) is 76.8. The van der Waals surface area contributed by atoms with E-state index in [1.54, 1.807) is 0 Å². The molecule has 0 N–H and O–H groups in total. The van der Waals surface area contributed by atoms with E-state index in [1.165, 1.54) is 98.9 Å². The second kappa shape index (κ2) is 14.6. The van der Waals surface area contributed by atoms with Gasteiger partial charge in [0.2, 0.25) is 0 Å². The lowest BCUT2D eigenvalue weighted by atomic mass is 9.82. The second-order valence-corrected chi connectivity index (χ2v) is 20.7. The lowest BCUT2D eigenvalue weighted by molar-refractivity contribution is 0.660. The molecule has 70 heavy (non-hydrogen) atoms. The van der Waals surface area contributed by atoms with Crippen LogP contribution >= 0.6 is 0 Å². The summed E-state index contributed by atoms with van der Waals surface area (Å²) < 4.78 is 4.91. The van der Waals surface area contributed by atoms with E-state index >= 15 is 0 Å². The van der Waals surface area contributed by atoms with Crippen molar-refractivity contribution >= 4 is 88.5 Å². The maximum Gasteiger partial charge on any atom is 0.0742 e.